The molecule has 3 rings (SSSR count). The summed E-state index contributed by atoms with van der Waals surface area (Å²) < 4.78 is 0. The van der Waals surface area contributed by atoms with Gasteiger partial charge in [0.15, 0.2) is 0 Å². The molecule has 2 nitrogen and oxygen atoms in total. The van der Waals surface area contributed by atoms with Crippen LogP contribution in [0.2, 0.25) is 0 Å². The number of piperidine rings is 1. The van der Waals surface area contributed by atoms with Crippen molar-refractivity contribution in [3.05, 3.63) is 71.3 Å². The first-order valence-electron chi connectivity index (χ1n) is 7.77. The van der Waals surface area contributed by atoms with Crippen LogP contribution in [0.3, 0.4) is 0 Å². The van der Waals surface area contributed by atoms with Crippen LogP contribution in [0, 0.1) is 12.8 Å². The predicted octanol–water partition coefficient (Wildman–Crippen LogP) is 3.23. The maximum Gasteiger partial charge on any atom is 0.117 e. The van der Waals surface area contributed by atoms with E-state index in [-0.39, 0.29) is 5.92 Å². The van der Waals surface area contributed by atoms with E-state index in [1.807, 2.05) is 30.3 Å². The molecule has 21 heavy (non-hydrogen) atoms. The number of nitrogens with one attached hydrogen (secondary N) is 1. The third-order valence-corrected chi connectivity index (χ3v) is 4.64. The first kappa shape index (κ1) is 14.3. The number of aliphatic hydroxyl groups is 1. The minimum Gasteiger partial charge on any atom is -0.380 e. The average molecular weight is 281 g/mol. The molecule has 0 bridgehead atoms. The van der Waals surface area contributed by atoms with E-state index in [4.69, 9.17) is 0 Å². The van der Waals surface area contributed by atoms with Crippen LogP contribution in [-0.2, 0) is 5.60 Å². The SMILES string of the molecule is Cc1ccc(C(O)(c2ccccc2)C2CCNCC2)cc1. The summed E-state index contributed by atoms with van der Waals surface area (Å²) in [5.74, 6) is 0.254. The van der Waals surface area contributed by atoms with E-state index < -0.39 is 5.60 Å². The molecule has 1 heterocycles. The molecular formula is C19H23NO. The molecule has 0 aromatic heterocycles. The van der Waals surface area contributed by atoms with Gasteiger partial charge in [-0.1, -0.05) is 60.2 Å². The summed E-state index contributed by atoms with van der Waals surface area (Å²) in [4.78, 5) is 0. The molecule has 1 fully saturated rings. The third kappa shape index (κ3) is 2.74. The summed E-state index contributed by atoms with van der Waals surface area (Å²) in [6.07, 6.45) is 2.00. The van der Waals surface area contributed by atoms with Gasteiger partial charge in [-0.2, -0.15) is 0 Å². The Kier molecular flexibility index (Phi) is 4.09. The number of hydrogen-bond donors (Lipinski definition) is 2. The maximum atomic E-state index is 11.6. The Balaban J connectivity index is 2.07. The average Bonchev–Trinajstić information content (AvgIpc) is 2.56. The zero-order valence-electron chi connectivity index (χ0n) is 12.5. The molecule has 1 aliphatic rings. The van der Waals surface area contributed by atoms with E-state index in [2.05, 4.69) is 36.5 Å². The number of benzene rings is 2. The van der Waals surface area contributed by atoms with E-state index in [1.165, 1.54) is 5.56 Å². The van der Waals surface area contributed by atoms with Gasteiger partial charge in [-0.15, -0.1) is 0 Å². The number of aryl methyl sites for hydroxylation is 1. The van der Waals surface area contributed by atoms with Crippen LogP contribution in [-0.4, -0.2) is 18.2 Å². The second kappa shape index (κ2) is 6.00. The molecule has 2 N–H and O–H groups in total. The lowest BCUT2D eigenvalue weighted by atomic mass is 9.72. The van der Waals surface area contributed by atoms with Crippen molar-refractivity contribution < 1.29 is 5.11 Å². The molecule has 1 aliphatic heterocycles. The Bertz CT molecular complexity index is 572. The van der Waals surface area contributed by atoms with Gasteiger partial charge < -0.3 is 10.4 Å². The summed E-state index contributed by atoms with van der Waals surface area (Å²) in [5.41, 5.74) is 2.34. The molecule has 1 saturated heterocycles. The topological polar surface area (TPSA) is 32.3 Å². The second-order valence-corrected chi connectivity index (χ2v) is 6.02. The minimum absolute atomic E-state index is 0.254. The van der Waals surface area contributed by atoms with Gasteiger partial charge in [-0.3, -0.25) is 0 Å². The molecule has 1 unspecified atom stereocenters. The first-order chi connectivity index (χ1) is 10.2. The van der Waals surface area contributed by atoms with Crippen LogP contribution in [0.15, 0.2) is 54.6 Å². The van der Waals surface area contributed by atoms with Crippen molar-refractivity contribution in [3.8, 4) is 0 Å². The van der Waals surface area contributed by atoms with Gasteiger partial charge >= 0.3 is 0 Å². The van der Waals surface area contributed by atoms with Crippen molar-refractivity contribution >= 4 is 0 Å². The van der Waals surface area contributed by atoms with Gasteiger partial charge in [0.05, 0.1) is 0 Å². The molecule has 1 atom stereocenters. The Hall–Kier alpha value is -1.64. The highest BCUT2D eigenvalue weighted by Crippen LogP contribution is 2.40. The van der Waals surface area contributed by atoms with Gasteiger partial charge in [0, 0.05) is 0 Å². The van der Waals surface area contributed by atoms with Crippen molar-refractivity contribution in [2.24, 2.45) is 5.92 Å². The molecule has 0 radical (unpaired) electrons. The lowest BCUT2D eigenvalue weighted by Crippen LogP contribution is -2.42. The van der Waals surface area contributed by atoms with Crippen LogP contribution < -0.4 is 5.32 Å². The van der Waals surface area contributed by atoms with Gasteiger partial charge in [0.2, 0.25) is 0 Å². The molecule has 110 valence electrons. The zero-order chi connectivity index (χ0) is 14.7. The smallest absolute Gasteiger partial charge is 0.117 e. The van der Waals surface area contributed by atoms with E-state index in [0.717, 1.165) is 37.1 Å². The van der Waals surface area contributed by atoms with Crippen LogP contribution in [0.4, 0.5) is 0 Å². The first-order valence-corrected chi connectivity index (χ1v) is 7.77. The maximum absolute atomic E-state index is 11.6. The van der Waals surface area contributed by atoms with Gasteiger partial charge in [0.25, 0.3) is 0 Å². The fourth-order valence-electron chi connectivity index (χ4n) is 3.38. The summed E-state index contributed by atoms with van der Waals surface area (Å²) >= 11 is 0. The molecule has 2 heteroatoms. The van der Waals surface area contributed by atoms with Gasteiger partial charge in [-0.25, -0.2) is 0 Å². The fourth-order valence-corrected chi connectivity index (χ4v) is 3.38. The molecule has 2 aromatic carbocycles. The molecule has 0 amide bonds. The summed E-state index contributed by atoms with van der Waals surface area (Å²) in [5, 5.41) is 15.0. The number of hydrogen-bond acceptors (Lipinski definition) is 2. The molecule has 0 aliphatic carbocycles. The van der Waals surface area contributed by atoms with Crippen LogP contribution in [0.25, 0.3) is 0 Å². The van der Waals surface area contributed by atoms with Crippen LogP contribution in [0.5, 0.6) is 0 Å². The van der Waals surface area contributed by atoms with Crippen molar-refractivity contribution in [1.29, 1.82) is 0 Å². The van der Waals surface area contributed by atoms with Crippen LogP contribution in [0.1, 0.15) is 29.5 Å². The summed E-state index contributed by atoms with van der Waals surface area (Å²) in [7, 11) is 0. The Labute approximate surface area is 126 Å². The molecule has 0 spiro atoms. The van der Waals surface area contributed by atoms with E-state index in [9.17, 15) is 5.11 Å². The van der Waals surface area contributed by atoms with Gasteiger partial charge in [-0.05, 0) is 49.9 Å². The van der Waals surface area contributed by atoms with E-state index >= 15 is 0 Å². The molecule has 2 aromatic rings. The van der Waals surface area contributed by atoms with Crippen molar-refractivity contribution in [1.82, 2.24) is 5.32 Å². The van der Waals surface area contributed by atoms with E-state index in [1.54, 1.807) is 0 Å². The molecule has 0 saturated carbocycles. The van der Waals surface area contributed by atoms with Crippen molar-refractivity contribution in [2.75, 3.05) is 13.1 Å². The Morgan fingerprint density at radius 2 is 1.48 bits per heavy atom. The molecular weight excluding hydrogens is 258 g/mol. The lowest BCUT2D eigenvalue weighted by Gasteiger charge is -2.39. The Morgan fingerprint density at radius 3 is 2.10 bits per heavy atom. The third-order valence-electron chi connectivity index (χ3n) is 4.64. The summed E-state index contributed by atoms with van der Waals surface area (Å²) in [6.45, 7) is 4.03. The fraction of sp³-hybridized carbons (Fsp3) is 0.368. The predicted molar refractivity (Wildman–Crippen MR) is 86.2 cm³/mol. The van der Waals surface area contributed by atoms with Gasteiger partial charge in [0.1, 0.15) is 5.60 Å². The standard InChI is InChI=1S/C19H23NO/c1-15-7-9-17(10-8-15)19(21,16-5-3-2-4-6-16)18-11-13-20-14-12-18/h2-10,18,20-21H,11-14H2,1H3. The highest BCUT2D eigenvalue weighted by atomic mass is 16.3. The normalized spacial score (nSPS) is 19.1. The van der Waals surface area contributed by atoms with E-state index in [0.29, 0.717) is 0 Å². The van der Waals surface area contributed by atoms with Crippen LogP contribution >= 0.6 is 0 Å². The van der Waals surface area contributed by atoms with Crippen molar-refractivity contribution in [2.45, 2.75) is 25.4 Å². The zero-order valence-corrected chi connectivity index (χ0v) is 12.5. The van der Waals surface area contributed by atoms with Crippen molar-refractivity contribution in [3.63, 3.8) is 0 Å². The lowest BCUT2D eigenvalue weighted by molar-refractivity contribution is 0.00235. The second-order valence-electron chi connectivity index (χ2n) is 6.02. The largest absolute Gasteiger partial charge is 0.380 e. The minimum atomic E-state index is -0.892. The Morgan fingerprint density at radius 1 is 0.905 bits per heavy atom. The highest BCUT2D eigenvalue weighted by molar-refractivity contribution is 5.38. The quantitative estimate of drug-likeness (QED) is 0.905. The highest BCUT2D eigenvalue weighted by Gasteiger charge is 2.40. The summed E-state index contributed by atoms with van der Waals surface area (Å²) in [6, 6.07) is 18.4. The monoisotopic (exact) mass is 281 g/mol. The number of rotatable bonds is 3.